The van der Waals surface area contributed by atoms with Gasteiger partial charge in [-0.1, -0.05) is 22.9 Å². The van der Waals surface area contributed by atoms with Gasteiger partial charge in [-0.15, -0.1) is 0 Å². The minimum Gasteiger partial charge on any atom is -0.462 e. The number of halogens is 1. The molecule has 3 rings (SSSR count). The maximum absolute atomic E-state index is 12.5. The monoisotopic (exact) mass is 443 g/mol. The molecule has 0 aliphatic rings. The van der Waals surface area contributed by atoms with Crippen LogP contribution in [0.4, 0.5) is 5.69 Å². The summed E-state index contributed by atoms with van der Waals surface area (Å²) in [5, 5.41) is 3.13. The summed E-state index contributed by atoms with van der Waals surface area (Å²) in [7, 11) is 0. The summed E-state index contributed by atoms with van der Waals surface area (Å²) < 4.78 is 7.07. The summed E-state index contributed by atoms with van der Waals surface area (Å²) in [5.74, 6) is -0.778. The molecule has 3 aromatic rings. The van der Waals surface area contributed by atoms with Gasteiger partial charge in [-0.25, -0.2) is 9.78 Å². The van der Waals surface area contributed by atoms with Gasteiger partial charge in [-0.3, -0.25) is 14.2 Å². The second-order valence-corrected chi connectivity index (χ2v) is 7.02. The molecule has 0 saturated carbocycles. The Hall–Kier alpha value is -3.00. The third kappa shape index (κ3) is 4.64. The minimum atomic E-state index is -0.403. The van der Waals surface area contributed by atoms with Gasteiger partial charge in [0.05, 0.1) is 29.4 Å². The van der Waals surface area contributed by atoms with E-state index in [9.17, 15) is 14.4 Å². The van der Waals surface area contributed by atoms with Crippen LogP contribution >= 0.6 is 15.9 Å². The van der Waals surface area contributed by atoms with Crippen molar-refractivity contribution in [2.75, 3.05) is 11.9 Å². The zero-order valence-corrected chi connectivity index (χ0v) is 16.7. The molecule has 8 heteroatoms. The number of aromatic nitrogens is 2. The summed E-state index contributed by atoms with van der Waals surface area (Å²) in [5.41, 5.74) is 1.19. The number of benzene rings is 2. The van der Waals surface area contributed by atoms with Crippen LogP contribution in [0.2, 0.25) is 0 Å². The van der Waals surface area contributed by atoms with Gasteiger partial charge in [0, 0.05) is 10.2 Å². The molecule has 0 unspecified atom stereocenters. The van der Waals surface area contributed by atoms with Crippen molar-refractivity contribution in [2.24, 2.45) is 0 Å². The Kier molecular flexibility index (Phi) is 6.20. The highest BCUT2D eigenvalue weighted by molar-refractivity contribution is 9.10. The number of anilines is 1. The van der Waals surface area contributed by atoms with Crippen LogP contribution in [0.5, 0.6) is 0 Å². The lowest BCUT2D eigenvalue weighted by Gasteiger charge is -2.09. The average Bonchev–Trinajstić information content (AvgIpc) is 2.69. The van der Waals surface area contributed by atoms with Gasteiger partial charge >= 0.3 is 5.97 Å². The number of nitrogens with one attached hydrogen (secondary N) is 1. The van der Waals surface area contributed by atoms with Crippen LogP contribution in [0.15, 0.2) is 58.1 Å². The fourth-order valence-electron chi connectivity index (χ4n) is 2.57. The normalized spacial score (nSPS) is 10.6. The zero-order valence-electron chi connectivity index (χ0n) is 15.1. The predicted molar refractivity (Wildman–Crippen MR) is 109 cm³/mol. The van der Waals surface area contributed by atoms with Crippen LogP contribution in [0, 0.1) is 0 Å². The van der Waals surface area contributed by atoms with Gasteiger partial charge in [-0.2, -0.15) is 0 Å². The smallest absolute Gasteiger partial charge is 0.338 e. The highest BCUT2D eigenvalue weighted by atomic mass is 79.9. The Balaban J connectivity index is 1.69. The van der Waals surface area contributed by atoms with Crippen molar-refractivity contribution in [3.63, 3.8) is 0 Å². The molecule has 28 heavy (non-hydrogen) atoms. The van der Waals surface area contributed by atoms with E-state index < -0.39 is 5.97 Å². The van der Waals surface area contributed by atoms with Crippen LogP contribution in [-0.4, -0.2) is 28.0 Å². The number of ether oxygens (including phenoxy) is 1. The molecule has 0 aliphatic carbocycles. The van der Waals surface area contributed by atoms with Crippen LogP contribution in [-0.2, 0) is 16.1 Å². The van der Waals surface area contributed by atoms with Gasteiger partial charge in [-0.05, 0) is 48.9 Å². The van der Waals surface area contributed by atoms with Crippen molar-refractivity contribution in [1.82, 2.24) is 9.55 Å². The van der Waals surface area contributed by atoms with Crippen molar-refractivity contribution in [1.29, 1.82) is 0 Å². The molecule has 2 aromatic carbocycles. The van der Waals surface area contributed by atoms with E-state index in [1.54, 1.807) is 42.5 Å². The van der Waals surface area contributed by atoms with E-state index in [4.69, 9.17) is 4.74 Å². The Labute approximate surface area is 169 Å². The van der Waals surface area contributed by atoms with Gasteiger partial charge in [0.2, 0.25) is 5.91 Å². The Bertz CT molecular complexity index is 1080. The van der Waals surface area contributed by atoms with E-state index in [1.807, 2.05) is 6.92 Å². The SMILES string of the molecule is CCCOC(=O)c1ccc(NC(=O)Cn2cnc3ccc(Br)cc3c2=O)cc1. The van der Waals surface area contributed by atoms with E-state index in [0.29, 0.717) is 28.8 Å². The first-order valence-electron chi connectivity index (χ1n) is 8.69. The number of nitrogens with zero attached hydrogens (tertiary/aromatic N) is 2. The molecule has 7 nitrogen and oxygen atoms in total. The number of carbonyl (C=O) groups excluding carboxylic acids is 2. The molecule has 0 bridgehead atoms. The van der Waals surface area contributed by atoms with Gasteiger partial charge in [0.1, 0.15) is 6.54 Å². The van der Waals surface area contributed by atoms with Gasteiger partial charge < -0.3 is 10.1 Å². The number of carbonyl (C=O) groups is 2. The zero-order chi connectivity index (χ0) is 20.1. The second kappa shape index (κ2) is 8.79. The van der Waals surface area contributed by atoms with E-state index in [-0.39, 0.29) is 18.0 Å². The summed E-state index contributed by atoms with van der Waals surface area (Å²) in [4.78, 5) is 40.8. The Morgan fingerprint density at radius 3 is 2.64 bits per heavy atom. The third-order valence-electron chi connectivity index (χ3n) is 3.94. The Morgan fingerprint density at radius 2 is 1.93 bits per heavy atom. The van der Waals surface area contributed by atoms with Gasteiger partial charge in [0.15, 0.2) is 0 Å². The minimum absolute atomic E-state index is 0.172. The maximum Gasteiger partial charge on any atom is 0.338 e. The molecular formula is C20H18BrN3O4. The fourth-order valence-corrected chi connectivity index (χ4v) is 2.93. The highest BCUT2D eigenvalue weighted by Gasteiger charge is 2.10. The molecule has 144 valence electrons. The van der Waals surface area contributed by atoms with Crippen LogP contribution in [0.1, 0.15) is 23.7 Å². The van der Waals surface area contributed by atoms with Crippen LogP contribution in [0.25, 0.3) is 10.9 Å². The van der Waals surface area contributed by atoms with Crippen molar-refractivity contribution in [2.45, 2.75) is 19.9 Å². The first-order chi connectivity index (χ1) is 13.5. The van der Waals surface area contributed by atoms with Crippen molar-refractivity contribution in [3.05, 3.63) is 69.2 Å². The van der Waals surface area contributed by atoms with E-state index in [0.717, 1.165) is 10.9 Å². The predicted octanol–water partition coefficient (Wildman–Crippen LogP) is 3.36. The van der Waals surface area contributed by atoms with E-state index in [2.05, 4.69) is 26.2 Å². The number of hydrogen-bond donors (Lipinski definition) is 1. The first-order valence-corrected chi connectivity index (χ1v) is 9.49. The van der Waals surface area contributed by atoms with E-state index in [1.165, 1.54) is 10.9 Å². The topological polar surface area (TPSA) is 90.3 Å². The molecule has 0 fully saturated rings. The lowest BCUT2D eigenvalue weighted by molar-refractivity contribution is -0.116. The van der Waals surface area contributed by atoms with Crippen molar-refractivity contribution < 1.29 is 14.3 Å². The molecule has 1 N–H and O–H groups in total. The first kappa shape index (κ1) is 19.8. The Morgan fingerprint density at radius 1 is 1.18 bits per heavy atom. The molecule has 1 heterocycles. The molecule has 0 radical (unpaired) electrons. The van der Waals surface area contributed by atoms with Crippen LogP contribution in [0.3, 0.4) is 0 Å². The van der Waals surface area contributed by atoms with Crippen LogP contribution < -0.4 is 10.9 Å². The molecule has 0 saturated heterocycles. The summed E-state index contributed by atoms with van der Waals surface area (Å²) in [6.45, 7) is 2.11. The second-order valence-electron chi connectivity index (χ2n) is 6.10. The molecule has 0 atom stereocenters. The van der Waals surface area contributed by atoms with Gasteiger partial charge in [0.25, 0.3) is 5.56 Å². The average molecular weight is 444 g/mol. The molecule has 1 amide bonds. The maximum atomic E-state index is 12.5. The fraction of sp³-hybridized carbons (Fsp3) is 0.200. The summed E-state index contributed by atoms with van der Waals surface area (Å²) >= 11 is 3.33. The standard InChI is InChI=1S/C20H18BrN3O4/c1-2-9-28-20(27)13-3-6-15(7-4-13)23-18(25)11-24-12-22-17-8-5-14(21)10-16(17)19(24)26/h3-8,10,12H,2,9,11H2,1H3,(H,23,25). The summed E-state index contributed by atoms with van der Waals surface area (Å²) in [6.07, 6.45) is 2.10. The molecule has 1 aromatic heterocycles. The number of amides is 1. The lowest BCUT2D eigenvalue weighted by Crippen LogP contribution is -2.27. The number of fused-ring (bicyclic) bond motifs is 1. The quantitative estimate of drug-likeness (QED) is 0.589. The highest BCUT2D eigenvalue weighted by Crippen LogP contribution is 2.15. The number of esters is 1. The number of hydrogen-bond acceptors (Lipinski definition) is 5. The van der Waals surface area contributed by atoms with Crippen molar-refractivity contribution in [3.8, 4) is 0 Å². The van der Waals surface area contributed by atoms with E-state index >= 15 is 0 Å². The number of rotatable bonds is 6. The molecule has 0 aliphatic heterocycles. The largest absolute Gasteiger partial charge is 0.462 e. The molecular weight excluding hydrogens is 426 g/mol. The van der Waals surface area contributed by atoms with Crippen molar-refractivity contribution >= 4 is 44.4 Å². The third-order valence-corrected chi connectivity index (χ3v) is 4.43. The molecule has 0 spiro atoms. The summed E-state index contributed by atoms with van der Waals surface area (Å²) in [6, 6.07) is 11.6. The lowest BCUT2D eigenvalue weighted by atomic mass is 10.2.